The van der Waals surface area contributed by atoms with Gasteiger partial charge in [-0.3, -0.25) is 47.9 Å². The molecule has 0 saturated heterocycles. The van der Waals surface area contributed by atoms with Crippen LogP contribution in [0.15, 0.2) is 120 Å². The topological polar surface area (TPSA) is 259 Å². The fourth-order valence-corrected chi connectivity index (χ4v) is 8.06. The first kappa shape index (κ1) is 65.5. The molecule has 6 N–H and O–H groups in total. The first-order chi connectivity index (χ1) is 36.2. The van der Waals surface area contributed by atoms with E-state index in [1.165, 1.54) is 169 Å². The molecule has 19 heteroatoms. The molecule has 0 spiro atoms. The summed E-state index contributed by atoms with van der Waals surface area (Å²) in [6.45, 7) is 6.71. The molecule has 0 amide bonds. The van der Waals surface area contributed by atoms with Crippen molar-refractivity contribution in [1.82, 2.24) is 28.7 Å². The van der Waals surface area contributed by atoms with Crippen LogP contribution in [0.2, 0.25) is 0 Å². The van der Waals surface area contributed by atoms with Crippen LogP contribution in [0.25, 0.3) is 16.0 Å². The van der Waals surface area contributed by atoms with Gasteiger partial charge in [-0.15, -0.1) is 0 Å². The van der Waals surface area contributed by atoms with Gasteiger partial charge in [0.1, 0.15) is 17.5 Å². The molecule has 76 heavy (non-hydrogen) atoms. The summed E-state index contributed by atoms with van der Waals surface area (Å²) in [4.78, 5) is 77.2. The van der Waals surface area contributed by atoms with Crippen molar-refractivity contribution in [2.75, 3.05) is 16.0 Å². The Hall–Kier alpha value is -6.59. The van der Waals surface area contributed by atoms with E-state index >= 15 is 0 Å². The van der Waals surface area contributed by atoms with E-state index in [9.17, 15) is 28.8 Å². The molecule has 3 heterocycles. The van der Waals surface area contributed by atoms with Gasteiger partial charge in [0.15, 0.2) is 0 Å². The van der Waals surface area contributed by atoms with E-state index in [-0.39, 0.29) is 29.6 Å². The molecule has 6 aromatic rings. The van der Waals surface area contributed by atoms with Gasteiger partial charge in [0.05, 0.1) is 0 Å². The third-order valence-corrected chi connectivity index (χ3v) is 12.6. The molecule has 0 saturated carbocycles. The van der Waals surface area contributed by atoms with Crippen molar-refractivity contribution in [3.63, 3.8) is 0 Å². The zero-order chi connectivity index (χ0) is 54.8. The van der Waals surface area contributed by atoms with Crippen molar-refractivity contribution in [2.45, 2.75) is 156 Å². The van der Waals surface area contributed by atoms with E-state index in [2.05, 4.69) is 88.1 Å². The van der Waals surface area contributed by atoms with Crippen LogP contribution in [-0.2, 0) is 40.4 Å². The number of aromatic nitrogens is 6. The van der Waals surface area contributed by atoms with E-state index in [0.29, 0.717) is 17.5 Å². The zero-order valence-corrected chi connectivity index (χ0v) is 48.1. The number of nitrogens with zero attached hydrogens (tertiary/aromatic N) is 6. The predicted octanol–water partition coefficient (Wildman–Crippen LogP) is 9.03. The largest absolute Gasteiger partial charge is 1.00 e. The summed E-state index contributed by atoms with van der Waals surface area (Å²) in [5, 5.41) is 9.34. The standard InChI is InChI=1S/3C19H27N3O2.N3.Na/c3*1-3-4-5-6-7-8-9-15-10-12-16(13-11-15)20-17-14-18(23)21-19(24)22(17)2;1-3-2;/h3*10-14,20H,3-9H2,1-2H3,(H,21,23,24);;/q;;;-1;+1. The summed E-state index contributed by atoms with van der Waals surface area (Å²) in [5.74, 6) is 1.44. The molecule has 0 radical (unpaired) electrons. The Morgan fingerprint density at radius 2 is 0.592 bits per heavy atom. The maximum Gasteiger partial charge on any atom is 1.00 e. The van der Waals surface area contributed by atoms with Crippen molar-refractivity contribution in [2.24, 2.45) is 21.1 Å². The minimum Gasteiger partial charge on any atom is -0.373 e. The Morgan fingerprint density at radius 1 is 0.382 bits per heavy atom. The van der Waals surface area contributed by atoms with Gasteiger partial charge in [-0.05, 0) is 91.6 Å². The summed E-state index contributed by atoms with van der Waals surface area (Å²) < 4.78 is 4.14. The van der Waals surface area contributed by atoms with E-state index in [1.54, 1.807) is 21.1 Å². The van der Waals surface area contributed by atoms with E-state index < -0.39 is 33.7 Å². The van der Waals surface area contributed by atoms with Crippen LogP contribution < -0.4 is 79.3 Å². The molecule has 0 aliphatic rings. The average molecular weight is 1050 g/mol. The number of unbranched alkanes of at least 4 members (excludes halogenated alkanes) is 15. The van der Waals surface area contributed by atoms with Gasteiger partial charge in [0, 0.05) is 56.4 Å². The Labute approximate surface area is 468 Å². The second-order valence-electron chi connectivity index (χ2n) is 18.8. The second-order valence-corrected chi connectivity index (χ2v) is 18.8. The third kappa shape index (κ3) is 25.8. The van der Waals surface area contributed by atoms with Crippen LogP contribution in [0.1, 0.15) is 153 Å². The van der Waals surface area contributed by atoms with E-state index in [1.807, 2.05) is 36.4 Å². The molecule has 6 rings (SSSR count). The second kappa shape index (κ2) is 38.0. The van der Waals surface area contributed by atoms with Crippen LogP contribution in [-0.4, -0.2) is 28.7 Å². The molecule has 0 aliphatic carbocycles. The Kier molecular flexibility index (Phi) is 32.8. The summed E-state index contributed by atoms with van der Waals surface area (Å²) >= 11 is 0. The van der Waals surface area contributed by atoms with Gasteiger partial charge in [-0.25, -0.2) is 14.4 Å². The van der Waals surface area contributed by atoms with Crippen LogP contribution in [0, 0.1) is 0 Å². The van der Waals surface area contributed by atoms with Crippen molar-refractivity contribution in [1.29, 1.82) is 0 Å². The normalized spacial score (nSPS) is 10.3. The first-order valence-electron chi connectivity index (χ1n) is 26.7. The number of hydrogen-bond donors (Lipinski definition) is 6. The molecule has 3 aromatic carbocycles. The first-order valence-corrected chi connectivity index (χ1v) is 26.7. The Balaban J connectivity index is 0.000000377. The fraction of sp³-hybridized carbons (Fsp3) is 0.474. The van der Waals surface area contributed by atoms with Crippen molar-refractivity contribution >= 4 is 34.5 Å². The maximum absolute atomic E-state index is 11.6. The number of hydrogen-bond acceptors (Lipinski definition) is 9. The number of benzene rings is 3. The number of aromatic amines is 3. The predicted molar refractivity (Wildman–Crippen MR) is 307 cm³/mol. The smallest absolute Gasteiger partial charge is 0.373 e. The molecule has 0 aliphatic heterocycles. The molecule has 3 aromatic heterocycles. The van der Waals surface area contributed by atoms with Crippen molar-refractivity contribution in [3.05, 3.63) is 186 Å². The van der Waals surface area contributed by atoms with Crippen molar-refractivity contribution in [3.8, 4) is 0 Å². The van der Waals surface area contributed by atoms with Crippen molar-refractivity contribution < 1.29 is 29.6 Å². The number of anilines is 6. The number of H-pyrrole nitrogens is 3. The minimum atomic E-state index is -0.426. The zero-order valence-electron chi connectivity index (χ0n) is 46.1. The molecule has 0 unspecified atom stereocenters. The monoisotopic (exact) mass is 1050 g/mol. The van der Waals surface area contributed by atoms with E-state index in [0.717, 1.165) is 36.3 Å². The Morgan fingerprint density at radius 3 is 0.816 bits per heavy atom. The maximum atomic E-state index is 11.6. The number of nitrogens with one attached hydrogen (secondary N) is 6. The van der Waals surface area contributed by atoms with Crippen LogP contribution in [0.3, 0.4) is 0 Å². The SMILES string of the molecule is CCCCCCCCc1ccc(Nc2cc(=O)[nH]c(=O)n2C)cc1.CCCCCCCCc1ccc(Nc2cc(=O)[nH]c(=O)n2C)cc1.CCCCCCCCc1ccc(Nc2cc(=O)[nH]c(=O)n2C)cc1.[N-]=[N+]=[N-].[Na+]. The summed E-state index contributed by atoms with van der Waals surface area (Å²) in [6, 6.07) is 28.6. The molecular weight excluding hydrogens is 972 g/mol. The summed E-state index contributed by atoms with van der Waals surface area (Å²) in [5.41, 5.74) is 17.6. The average Bonchev–Trinajstić information content (AvgIpc) is 3.39. The van der Waals surface area contributed by atoms with Crippen LogP contribution >= 0.6 is 0 Å². The van der Waals surface area contributed by atoms with Gasteiger partial charge in [-0.1, -0.05) is 153 Å². The van der Waals surface area contributed by atoms with Crippen LogP contribution in [0.5, 0.6) is 0 Å². The van der Waals surface area contributed by atoms with Gasteiger partial charge < -0.3 is 27.0 Å². The molecule has 0 bridgehead atoms. The number of rotatable bonds is 27. The summed E-state index contributed by atoms with van der Waals surface area (Å²) in [6.07, 6.45) is 26.7. The van der Waals surface area contributed by atoms with E-state index in [4.69, 9.17) is 11.1 Å². The third-order valence-electron chi connectivity index (χ3n) is 12.6. The quantitative estimate of drug-likeness (QED) is 0.00944. The summed E-state index contributed by atoms with van der Waals surface area (Å²) in [7, 11) is 4.86. The van der Waals surface area contributed by atoms with Gasteiger partial charge >= 0.3 is 46.6 Å². The molecular formula is C57H81N12NaO6. The van der Waals surface area contributed by atoms with Gasteiger partial charge in [0.2, 0.25) is 0 Å². The minimum absolute atomic E-state index is 0. The van der Waals surface area contributed by atoms with Gasteiger partial charge in [0.25, 0.3) is 16.7 Å². The fourth-order valence-electron chi connectivity index (χ4n) is 8.06. The molecule has 406 valence electrons. The molecule has 18 nitrogen and oxygen atoms in total. The molecule has 0 atom stereocenters. The Bertz CT molecular complexity index is 2660. The van der Waals surface area contributed by atoms with Crippen LogP contribution in [0.4, 0.5) is 34.5 Å². The molecule has 0 fully saturated rings. The van der Waals surface area contributed by atoms with Gasteiger partial charge in [-0.2, -0.15) is 0 Å². The number of aryl methyl sites for hydroxylation is 3.